The molecule has 16 heavy (non-hydrogen) atoms. The standard InChI is InChI=1S/C15H15N/c1-12(16)15(13-8-4-2-5-9-13)14-10-6-3-7-11-14/h2-11H,16H2,1H3. The normalized spacial score (nSPS) is 9.81. The highest BCUT2D eigenvalue weighted by molar-refractivity contribution is 5.81. The summed E-state index contributed by atoms with van der Waals surface area (Å²) in [6.07, 6.45) is 0. The molecule has 0 unspecified atom stereocenters. The molecule has 0 atom stereocenters. The van der Waals surface area contributed by atoms with Gasteiger partial charge in [-0.25, -0.2) is 0 Å². The summed E-state index contributed by atoms with van der Waals surface area (Å²) in [6.45, 7) is 1.94. The van der Waals surface area contributed by atoms with E-state index in [2.05, 4.69) is 24.3 Å². The summed E-state index contributed by atoms with van der Waals surface area (Å²) in [5, 5.41) is 0. The second kappa shape index (κ2) is 4.67. The van der Waals surface area contributed by atoms with Crippen molar-refractivity contribution in [3.05, 3.63) is 77.5 Å². The summed E-state index contributed by atoms with van der Waals surface area (Å²) >= 11 is 0. The maximum atomic E-state index is 5.98. The average molecular weight is 209 g/mol. The van der Waals surface area contributed by atoms with Crippen LogP contribution in [0.3, 0.4) is 0 Å². The van der Waals surface area contributed by atoms with Crippen LogP contribution in [0, 0.1) is 0 Å². The minimum atomic E-state index is 0.845. The fraction of sp³-hybridized carbons (Fsp3) is 0.0667. The fourth-order valence-electron chi connectivity index (χ4n) is 1.83. The van der Waals surface area contributed by atoms with E-state index in [0.29, 0.717) is 0 Å². The van der Waals surface area contributed by atoms with Crippen LogP contribution in [0.2, 0.25) is 0 Å². The lowest BCUT2D eigenvalue weighted by Crippen LogP contribution is -1.99. The Balaban J connectivity index is 2.54. The maximum absolute atomic E-state index is 5.98. The molecule has 0 aliphatic rings. The van der Waals surface area contributed by atoms with Gasteiger partial charge in [-0.15, -0.1) is 0 Å². The lowest BCUT2D eigenvalue weighted by molar-refractivity contribution is 1.31. The molecule has 1 nitrogen and oxygen atoms in total. The van der Waals surface area contributed by atoms with Crippen LogP contribution in [0.25, 0.3) is 5.57 Å². The van der Waals surface area contributed by atoms with Crippen molar-refractivity contribution in [2.75, 3.05) is 0 Å². The first-order valence-corrected chi connectivity index (χ1v) is 5.36. The zero-order valence-electron chi connectivity index (χ0n) is 9.35. The van der Waals surface area contributed by atoms with E-state index in [1.807, 2.05) is 43.3 Å². The Morgan fingerprint density at radius 1 is 0.750 bits per heavy atom. The molecule has 0 amide bonds. The molecule has 1 heteroatoms. The lowest BCUT2D eigenvalue weighted by Gasteiger charge is -2.10. The molecular formula is C15H15N. The van der Waals surface area contributed by atoms with Crippen LogP contribution < -0.4 is 5.73 Å². The topological polar surface area (TPSA) is 26.0 Å². The first kappa shape index (κ1) is 10.5. The zero-order valence-corrected chi connectivity index (χ0v) is 9.35. The third-order valence-corrected chi connectivity index (χ3v) is 2.52. The van der Waals surface area contributed by atoms with E-state index in [1.165, 1.54) is 0 Å². The summed E-state index contributed by atoms with van der Waals surface area (Å²) in [5.74, 6) is 0. The van der Waals surface area contributed by atoms with Crippen LogP contribution >= 0.6 is 0 Å². The highest BCUT2D eigenvalue weighted by Gasteiger charge is 2.05. The maximum Gasteiger partial charge on any atom is 0.0135 e. The van der Waals surface area contributed by atoms with Gasteiger partial charge in [0.2, 0.25) is 0 Å². The predicted octanol–water partition coefficient (Wildman–Crippen LogP) is 3.42. The van der Waals surface area contributed by atoms with E-state index in [1.54, 1.807) is 0 Å². The van der Waals surface area contributed by atoms with E-state index in [-0.39, 0.29) is 0 Å². The zero-order chi connectivity index (χ0) is 11.4. The number of allylic oxidation sites excluding steroid dienone is 1. The molecule has 0 aliphatic heterocycles. The summed E-state index contributed by atoms with van der Waals surface area (Å²) in [4.78, 5) is 0. The number of rotatable bonds is 2. The van der Waals surface area contributed by atoms with Crippen molar-refractivity contribution in [1.82, 2.24) is 0 Å². The van der Waals surface area contributed by atoms with Gasteiger partial charge in [0.25, 0.3) is 0 Å². The van der Waals surface area contributed by atoms with Gasteiger partial charge in [-0.3, -0.25) is 0 Å². The molecule has 0 bridgehead atoms. The summed E-state index contributed by atoms with van der Waals surface area (Å²) in [5.41, 5.74) is 10.3. The Hall–Kier alpha value is -2.02. The highest BCUT2D eigenvalue weighted by Crippen LogP contribution is 2.24. The van der Waals surface area contributed by atoms with E-state index >= 15 is 0 Å². The van der Waals surface area contributed by atoms with Crippen molar-refractivity contribution < 1.29 is 0 Å². The molecule has 0 fully saturated rings. The smallest absolute Gasteiger partial charge is 0.0135 e. The molecule has 0 aromatic heterocycles. The quantitative estimate of drug-likeness (QED) is 0.805. The van der Waals surface area contributed by atoms with Crippen molar-refractivity contribution in [2.45, 2.75) is 6.92 Å². The minimum Gasteiger partial charge on any atom is -0.402 e. The van der Waals surface area contributed by atoms with Crippen LogP contribution in [-0.2, 0) is 0 Å². The number of hydrogen-bond acceptors (Lipinski definition) is 1. The van der Waals surface area contributed by atoms with Gasteiger partial charge in [-0.05, 0) is 18.1 Å². The van der Waals surface area contributed by atoms with Gasteiger partial charge >= 0.3 is 0 Å². The van der Waals surface area contributed by atoms with Crippen molar-refractivity contribution in [3.8, 4) is 0 Å². The largest absolute Gasteiger partial charge is 0.402 e. The van der Waals surface area contributed by atoms with Crippen LogP contribution in [0.1, 0.15) is 18.1 Å². The SMILES string of the molecule is CC(N)=C(c1ccccc1)c1ccccc1. The lowest BCUT2D eigenvalue weighted by atomic mass is 9.96. The first-order chi connectivity index (χ1) is 7.79. The van der Waals surface area contributed by atoms with Gasteiger partial charge in [0.05, 0.1) is 0 Å². The number of benzene rings is 2. The molecule has 0 heterocycles. The third-order valence-electron chi connectivity index (χ3n) is 2.52. The Labute approximate surface area is 96.2 Å². The molecule has 80 valence electrons. The van der Waals surface area contributed by atoms with E-state index in [0.717, 1.165) is 22.4 Å². The van der Waals surface area contributed by atoms with Gasteiger partial charge in [0.15, 0.2) is 0 Å². The molecule has 2 N–H and O–H groups in total. The van der Waals surface area contributed by atoms with Crippen LogP contribution in [0.5, 0.6) is 0 Å². The molecule has 2 aromatic rings. The molecular weight excluding hydrogens is 194 g/mol. The Morgan fingerprint density at radius 2 is 1.12 bits per heavy atom. The minimum absolute atomic E-state index is 0.845. The molecule has 0 saturated carbocycles. The van der Waals surface area contributed by atoms with Crippen LogP contribution in [-0.4, -0.2) is 0 Å². The van der Waals surface area contributed by atoms with Gasteiger partial charge in [0.1, 0.15) is 0 Å². The molecule has 2 aromatic carbocycles. The van der Waals surface area contributed by atoms with Gasteiger partial charge < -0.3 is 5.73 Å². The van der Waals surface area contributed by atoms with Crippen molar-refractivity contribution in [1.29, 1.82) is 0 Å². The molecule has 2 rings (SSSR count). The Bertz CT molecular complexity index is 438. The highest BCUT2D eigenvalue weighted by atomic mass is 14.6. The van der Waals surface area contributed by atoms with Crippen molar-refractivity contribution in [2.24, 2.45) is 5.73 Å². The second-order valence-corrected chi connectivity index (χ2v) is 3.79. The Kier molecular flexibility index (Phi) is 3.06. The molecule has 0 saturated heterocycles. The third kappa shape index (κ3) is 2.14. The predicted molar refractivity (Wildman–Crippen MR) is 68.8 cm³/mol. The second-order valence-electron chi connectivity index (χ2n) is 3.79. The van der Waals surface area contributed by atoms with Gasteiger partial charge in [-0.1, -0.05) is 60.7 Å². The van der Waals surface area contributed by atoms with Gasteiger partial charge in [-0.2, -0.15) is 0 Å². The van der Waals surface area contributed by atoms with E-state index < -0.39 is 0 Å². The molecule has 0 aliphatic carbocycles. The van der Waals surface area contributed by atoms with Crippen molar-refractivity contribution >= 4 is 5.57 Å². The van der Waals surface area contributed by atoms with Crippen LogP contribution in [0.15, 0.2) is 66.4 Å². The molecule has 0 radical (unpaired) electrons. The molecule has 0 spiro atoms. The first-order valence-electron chi connectivity index (χ1n) is 5.36. The van der Waals surface area contributed by atoms with Crippen LogP contribution in [0.4, 0.5) is 0 Å². The average Bonchev–Trinajstić information content (AvgIpc) is 2.31. The fourth-order valence-corrected chi connectivity index (χ4v) is 1.83. The Morgan fingerprint density at radius 3 is 1.44 bits per heavy atom. The van der Waals surface area contributed by atoms with E-state index in [4.69, 9.17) is 5.73 Å². The number of hydrogen-bond donors (Lipinski definition) is 1. The summed E-state index contributed by atoms with van der Waals surface area (Å²) in [6, 6.07) is 20.5. The van der Waals surface area contributed by atoms with Gasteiger partial charge in [0, 0.05) is 11.3 Å². The van der Waals surface area contributed by atoms with Crippen molar-refractivity contribution in [3.63, 3.8) is 0 Å². The van der Waals surface area contributed by atoms with E-state index in [9.17, 15) is 0 Å². The number of nitrogens with two attached hydrogens (primary N) is 1. The monoisotopic (exact) mass is 209 g/mol. The summed E-state index contributed by atoms with van der Waals surface area (Å²) in [7, 11) is 0. The summed E-state index contributed by atoms with van der Waals surface area (Å²) < 4.78 is 0.